The van der Waals surface area contributed by atoms with Crippen molar-refractivity contribution in [2.75, 3.05) is 12.3 Å². The average Bonchev–Trinajstić information content (AvgIpc) is 2.64. The van der Waals surface area contributed by atoms with Crippen LogP contribution in [0.3, 0.4) is 0 Å². The van der Waals surface area contributed by atoms with E-state index in [1.807, 2.05) is 54.6 Å². The highest BCUT2D eigenvalue weighted by atomic mass is 16.5. The zero-order valence-corrected chi connectivity index (χ0v) is 15.1. The number of carbonyl (C=O) groups is 2. The summed E-state index contributed by atoms with van der Waals surface area (Å²) in [5.74, 6) is -0.544. The van der Waals surface area contributed by atoms with Gasteiger partial charge in [0.25, 0.3) is 0 Å². The van der Waals surface area contributed by atoms with Crippen LogP contribution in [0.5, 0.6) is 0 Å². The molecule has 0 spiro atoms. The summed E-state index contributed by atoms with van der Waals surface area (Å²) in [6.07, 6.45) is 2.27. The van der Waals surface area contributed by atoms with Crippen LogP contribution in [0.1, 0.15) is 30.9 Å². The molecule has 0 aliphatic heterocycles. The van der Waals surface area contributed by atoms with Crippen molar-refractivity contribution < 1.29 is 14.3 Å². The predicted octanol–water partition coefficient (Wildman–Crippen LogP) is 2.88. The van der Waals surface area contributed by atoms with Crippen molar-refractivity contribution in [2.24, 2.45) is 0 Å². The van der Waals surface area contributed by atoms with Gasteiger partial charge in [-0.15, -0.1) is 0 Å². The second-order valence-corrected chi connectivity index (χ2v) is 6.16. The number of benzene rings is 2. The van der Waals surface area contributed by atoms with Crippen molar-refractivity contribution in [2.45, 2.75) is 38.6 Å². The molecular formula is C21H26N2O3. The molecule has 0 bridgehead atoms. The summed E-state index contributed by atoms with van der Waals surface area (Å²) >= 11 is 0. The average molecular weight is 354 g/mol. The number of aryl methyl sites for hydroxylation is 1. The van der Waals surface area contributed by atoms with Crippen molar-refractivity contribution in [1.29, 1.82) is 0 Å². The van der Waals surface area contributed by atoms with Gasteiger partial charge in [-0.05, 0) is 43.0 Å². The Balaban J connectivity index is 1.86. The summed E-state index contributed by atoms with van der Waals surface area (Å²) in [6.45, 7) is 2.04. The number of anilines is 1. The Bertz CT molecular complexity index is 699. The largest absolute Gasteiger partial charge is 0.464 e. The number of nitrogen functional groups attached to an aromatic ring is 1. The van der Waals surface area contributed by atoms with Crippen molar-refractivity contribution >= 4 is 17.6 Å². The molecule has 0 heterocycles. The van der Waals surface area contributed by atoms with Crippen molar-refractivity contribution in [3.63, 3.8) is 0 Å². The monoisotopic (exact) mass is 354 g/mol. The topological polar surface area (TPSA) is 81.4 Å². The van der Waals surface area contributed by atoms with Crippen LogP contribution < -0.4 is 11.1 Å². The van der Waals surface area contributed by atoms with Crippen molar-refractivity contribution in [1.82, 2.24) is 5.32 Å². The van der Waals surface area contributed by atoms with E-state index in [0.717, 1.165) is 23.2 Å². The first-order valence-corrected chi connectivity index (χ1v) is 8.93. The molecule has 1 amide bonds. The standard InChI is InChI=1S/C21H26N2O3/c1-2-26-21(25)19(15-17-7-4-3-5-8-17)23-20(24)10-6-9-16-11-13-18(22)14-12-16/h3-5,7-8,11-14,19H,2,6,9-10,15,22H2,1H3,(H,23,24). The zero-order chi connectivity index (χ0) is 18.8. The first kappa shape index (κ1) is 19.5. The van der Waals surface area contributed by atoms with Gasteiger partial charge in [-0.25, -0.2) is 4.79 Å². The number of hydrogen-bond donors (Lipinski definition) is 2. The van der Waals surface area contributed by atoms with E-state index in [1.54, 1.807) is 6.92 Å². The number of nitrogens with two attached hydrogens (primary N) is 1. The summed E-state index contributed by atoms with van der Waals surface area (Å²) in [7, 11) is 0. The molecule has 1 atom stereocenters. The van der Waals surface area contributed by atoms with Crippen LogP contribution in [-0.4, -0.2) is 24.5 Å². The molecule has 0 fully saturated rings. The van der Waals surface area contributed by atoms with Crippen LogP contribution in [0.2, 0.25) is 0 Å². The van der Waals surface area contributed by atoms with E-state index in [2.05, 4.69) is 5.32 Å². The smallest absolute Gasteiger partial charge is 0.328 e. The Kier molecular flexibility index (Phi) is 7.68. The zero-order valence-electron chi connectivity index (χ0n) is 15.1. The second-order valence-electron chi connectivity index (χ2n) is 6.16. The molecule has 2 aromatic carbocycles. The van der Waals surface area contributed by atoms with Gasteiger partial charge in [-0.2, -0.15) is 0 Å². The lowest BCUT2D eigenvalue weighted by molar-refractivity contribution is -0.147. The minimum absolute atomic E-state index is 0.144. The minimum Gasteiger partial charge on any atom is -0.464 e. The third-order valence-electron chi connectivity index (χ3n) is 4.04. The van der Waals surface area contributed by atoms with Crippen LogP contribution in [-0.2, 0) is 27.2 Å². The van der Waals surface area contributed by atoms with Crippen LogP contribution in [0, 0.1) is 0 Å². The molecule has 138 valence electrons. The fourth-order valence-corrected chi connectivity index (χ4v) is 2.69. The first-order chi connectivity index (χ1) is 12.6. The van der Waals surface area contributed by atoms with E-state index < -0.39 is 12.0 Å². The molecule has 0 saturated heterocycles. The molecule has 26 heavy (non-hydrogen) atoms. The molecular weight excluding hydrogens is 328 g/mol. The van der Waals surface area contributed by atoms with Gasteiger partial charge in [0.05, 0.1) is 6.61 Å². The van der Waals surface area contributed by atoms with Crippen LogP contribution >= 0.6 is 0 Å². The first-order valence-electron chi connectivity index (χ1n) is 8.93. The molecule has 2 aromatic rings. The lowest BCUT2D eigenvalue weighted by Gasteiger charge is -2.17. The summed E-state index contributed by atoms with van der Waals surface area (Å²) in [6, 6.07) is 16.6. The van der Waals surface area contributed by atoms with E-state index in [1.165, 1.54) is 0 Å². The number of rotatable bonds is 9. The molecule has 5 heteroatoms. The van der Waals surface area contributed by atoms with Gasteiger partial charge in [0, 0.05) is 18.5 Å². The predicted molar refractivity (Wildman–Crippen MR) is 103 cm³/mol. The maximum Gasteiger partial charge on any atom is 0.328 e. The summed E-state index contributed by atoms with van der Waals surface area (Å²) in [5.41, 5.74) is 8.51. The van der Waals surface area contributed by atoms with Crippen molar-refractivity contribution in [3.8, 4) is 0 Å². The van der Waals surface area contributed by atoms with Gasteiger partial charge in [-0.3, -0.25) is 4.79 Å². The summed E-state index contributed by atoms with van der Waals surface area (Å²) in [4.78, 5) is 24.4. The highest BCUT2D eigenvalue weighted by Crippen LogP contribution is 2.10. The SMILES string of the molecule is CCOC(=O)C(Cc1ccccc1)NC(=O)CCCc1ccc(N)cc1. The maximum absolute atomic E-state index is 12.3. The van der Waals surface area contributed by atoms with E-state index in [-0.39, 0.29) is 12.5 Å². The second kappa shape index (κ2) is 10.2. The van der Waals surface area contributed by atoms with E-state index >= 15 is 0 Å². The fraction of sp³-hybridized carbons (Fsp3) is 0.333. The van der Waals surface area contributed by atoms with E-state index in [9.17, 15) is 9.59 Å². The molecule has 2 rings (SSSR count). The van der Waals surface area contributed by atoms with Crippen molar-refractivity contribution in [3.05, 3.63) is 65.7 Å². The van der Waals surface area contributed by atoms with Crippen LogP contribution in [0.4, 0.5) is 5.69 Å². The highest BCUT2D eigenvalue weighted by molar-refractivity contribution is 5.84. The number of ether oxygens (including phenoxy) is 1. The number of carbonyl (C=O) groups excluding carboxylic acids is 2. The molecule has 0 radical (unpaired) electrons. The van der Waals surface area contributed by atoms with E-state index in [0.29, 0.717) is 19.3 Å². The van der Waals surface area contributed by atoms with Gasteiger partial charge in [0.15, 0.2) is 0 Å². The molecule has 5 nitrogen and oxygen atoms in total. The summed E-state index contributed by atoms with van der Waals surface area (Å²) < 4.78 is 5.10. The summed E-state index contributed by atoms with van der Waals surface area (Å²) in [5, 5.41) is 2.81. The Morgan fingerprint density at radius 2 is 1.73 bits per heavy atom. The Hall–Kier alpha value is -2.82. The van der Waals surface area contributed by atoms with Gasteiger partial charge >= 0.3 is 5.97 Å². The molecule has 0 aliphatic rings. The highest BCUT2D eigenvalue weighted by Gasteiger charge is 2.22. The Morgan fingerprint density at radius 1 is 1.04 bits per heavy atom. The number of nitrogens with one attached hydrogen (secondary N) is 1. The molecule has 0 saturated carbocycles. The normalized spacial score (nSPS) is 11.6. The number of esters is 1. The number of amides is 1. The van der Waals surface area contributed by atoms with Crippen LogP contribution in [0.25, 0.3) is 0 Å². The quantitative estimate of drug-likeness (QED) is 0.536. The molecule has 0 aromatic heterocycles. The van der Waals surface area contributed by atoms with Gasteiger partial charge in [0.2, 0.25) is 5.91 Å². The van der Waals surface area contributed by atoms with Gasteiger partial charge in [0.1, 0.15) is 6.04 Å². The van der Waals surface area contributed by atoms with E-state index in [4.69, 9.17) is 10.5 Å². The fourth-order valence-electron chi connectivity index (χ4n) is 2.69. The molecule has 3 N–H and O–H groups in total. The van der Waals surface area contributed by atoms with Gasteiger partial charge < -0.3 is 15.8 Å². The van der Waals surface area contributed by atoms with Gasteiger partial charge in [-0.1, -0.05) is 42.5 Å². The molecule has 0 aliphatic carbocycles. The lowest BCUT2D eigenvalue weighted by atomic mass is 10.0. The Morgan fingerprint density at radius 3 is 2.38 bits per heavy atom. The third kappa shape index (κ3) is 6.59. The lowest BCUT2D eigenvalue weighted by Crippen LogP contribution is -2.43. The molecule has 1 unspecified atom stereocenters. The Labute approximate surface area is 154 Å². The van der Waals surface area contributed by atoms with Crippen LogP contribution in [0.15, 0.2) is 54.6 Å². The minimum atomic E-state index is -0.665. The maximum atomic E-state index is 12.3. The third-order valence-corrected chi connectivity index (χ3v) is 4.04. The number of hydrogen-bond acceptors (Lipinski definition) is 4.